The van der Waals surface area contributed by atoms with Gasteiger partial charge in [-0.2, -0.15) is 0 Å². The second kappa shape index (κ2) is 6.46. The van der Waals surface area contributed by atoms with Crippen molar-refractivity contribution in [2.75, 3.05) is 7.11 Å². The van der Waals surface area contributed by atoms with Crippen LogP contribution in [0, 0.1) is 12.7 Å². The van der Waals surface area contributed by atoms with Gasteiger partial charge in [0.2, 0.25) is 10.0 Å². The molecule has 0 saturated carbocycles. The molecule has 0 bridgehead atoms. The van der Waals surface area contributed by atoms with E-state index in [0.29, 0.717) is 11.3 Å². The van der Waals surface area contributed by atoms with Crippen LogP contribution >= 0.6 is 0 Å². The van der Waals surface area contributed by atoms with E-state index in [1.54, 1.807) is 26.0 Å². The van der Waals surface area contributed by atoms with Crippen LogP contribution in [-0.4, -0.2) is 15.5 Å². The van der Waals surface area contributed by atoms with E-state index < -0.39 is 21.9 Å². The summed E-state index contributed by atoms with van der Waals surface area (Å²) in [5.74, 6) is 0.141. The molecule has 1 N–H and O–H groups in total. The summed E-state index contributed by atoms with van der Waals surface area (Å²) in [5, 5.41) is 0. The average Bonchev–Trinajstić information content (AvgIpc) is 2.46. The van der Waals surface area contributed by atoms with E-state index in [1.165, 1.54) is 19.2 Å². The van der Waals surface area contributed by atoms with E-state index in [-0.39, 0.29) is 4.90 Å². The van der Waals surface area contributed by atoms with Crippen molar-refractivity contribution < 1.29 is 17.5 Å². The number of benzene rings is 2. The van der Waals surface area contributed by atoms with Gasteiger partial charge in [-0.05, 0) is 43.7 Å². The third kappa shape index (κ3) is 3.45. The average molecular weight is 323 g/mol. The van der Waals surface area contributed by atoms with E-state index in [1.807, 2.05) is 12.1 Å². The van der Waals surface area contributed by atoms with Gasteiger partial charge in [0.1, 0.15) is 11.6 Å². The first-order chi connectivity index (χ1) is 10.3. The number of hydrogen-bond acceptors (Lipinski definition) is 3. The molecule has 0 unspecified atom stereocenters. The van der Waals surface area contributed by atoms with Gasteiger partial charge in [-0.15, -0.1) is 0 Å². The first-order valence-corrected chi connectivity index (χ1v) is 8.25. The van der Waals surface area contributed by atoms with Crippen LogP contribution < -0.4 is 9.46 Å². The van der Waals surface area contributed by atoms with Gasteiger partial charge < -0.3 is 4.74 Å². The molecule has 0 radical (unpaired) electrons. The quantitative estimate of drug-likeness (QED) is 0.919. The number of nitrogens with one attached hydrogen (secondary N) is 1. The first kappa shape index (κ1) is 16.5. The van der Waals surface area contributed by atoms with E-state index in [4.69, 9.17) is 4.74 Å². The number of hydrogen-bond donors (Lipinski definition) is 1. The molecule has 22 heavy (non-hydrogen) atoms. The summed E-state index contributed by atoms with van der Waals surface area (Å²) in [6.07, 6.45) is 0. The van der Waals surface area contributed by atoms with Crippen molar-refractivity contribution in [2.24, 2.45) is 0 Å². The number of aryl methyl sites for hydroxylation is 1. The van der Waals surface area contributed by atoms with Crippen molar-refractivity contribution in [1.29, 1.82) is 0 Å². The van der Waals surface area contributed by atoms with Crippen molar-refractivity contribution in [3.63, 3.8) is 0 Å². The minimum Gasteiger partial charge on any atom is -0.496 e. The third-order valence-electron chi connectivity index (χ3n) is 3.36. The lowest BCUT2D eigenvalue weighted by molar-refractivity contribution is 0.405. The minimum absolute atomic E-state index is 0.0654. The number of halogens is 1. The monoisotopic (exact) mass is 323 g/mol. The Kier molecular flexibility index (Phi) is 4.83. The van der Waals surface area contributed by atoms with E-state index in [0.717, 1.165) is 11.6 Å². The van der Waals surface area contributed by atoms with Gasteiger partial charge in [0.05, 0.1) is 12.0 Å². The fourth-order valence-corrected chi connectivity index (χ4v) is 3.75. The van der Waals surface area contributed by atoms with E-state index in [9.17, 15) is 12.8 Å². The summed E-state index contributed by atoms with van der Waals surface area (Å²) in [5.41, 5.74) is 1.09. The molecule has 0 heterocycles. The van der Waals surface area contributed by atoms with Gasteiger partial charge in [0, 0.05) is 11.6 Å². The van der Waals surface area contributed by atoms with Crippen LogP contribution in [-0.2, 0) is 10.0 Å². The molecular weight excluding hydrogens is 305 g/mol. The summed E-state index contributed by atoms with van der Waals surface area (Å²) in [6, 6.07) is 10.3. The maximum Gasteiger partial charge on any atom is 0.241 e. The number of sulfonamides is 1. The Labute approximate surface area is 130 Å². The number of para-hydroxylation sites is 1. The molecule has 2 rings (SSSR count). The molecule has 0 fully saturated rings. The first-order valence-electron chi connectivity index (χ1n) is 6.76. The smallest absolute Gasteiger partial charge is 0.241 e. The zero-order valence-corrected chi connectivity index (χ0v) is 13.4. The van der Waals surface area contributed by atoms with E-state index in [2.05, 4.69) is 4.72 Å². The highest BCUT2D eigenvalue weighted by Crippen LogP contribution is 2.26. The second-order valence-corrected chi connectivity index (χ2v) is 6.68. The maximum atomic E-state index is 13.1. The number of rotatable bonds is 5. The van der Waals surface area contributed by atoms with E-state index >= 15 is 0 Å². The molecule has 0 aliphatic carbocycles. The fourth-order valence-electron chi connectivity index (χ4n) is 2.30. The lowest BCUT2D eigenvalue weighted by Crippen LogP contribution is -2.27. The zero-order chi connectivity index (χ0) is 16.3. The molecule has 0 saturated heterocycles. The molecular formula is C16H18FNO3S. The van der Waals surface area contributed by atoms with Crippen molar-refractivity contribution in [3.05, 3.63) is 59.4 Å². The largest absolute Gasteiger partial charge is 0.496 e. The Balaban J connectivity index is 2.32. The van der Waals surface area contributed by atoms with Crippen molar-refractivity contribution >= 4 is 10.0 Å². The van der Waals surface area contributed by atoms with Gasteiger partial charge >= 0.3 is 0 Å². The summed E-state index contributed by atoms with van der Waals surface area (Å²) >= 11 is 0. The summed E-state index contributed by atoms with van der Waals surface area (Å²) in [7, 11) is -2.22. The van der Waals surface area contributed by atoms with Crippen LogP contribution in [0.2, 0.25) is 0 Å². The van der Waals surface area contributed by atoms with Gasteiger partial charge in [0.15, 0.2) is 0 Å². The Bertz CT molecular complexity index is 775. The van der Waals surface area contributed by atoms with Crippen molar-refractivity contribution in [3.8, 4) is 5.75 Å². The summed E-state index contributed by atoms with van der Waals surface area (Å²) in [6.45, 7) is 3.29. The Morgan fingerprint density at radius 3 is 2.50 bits per heavy atom. The predicted molar refractivity (Wildman–Crippen MR) is 82.9 cm³/mol. The molecule has 0 amide bonds. The number of methoxy groups -OCH3 is 1. The van der Waals surface area contributed by atoms with Gasteiger partial charge in [-0.1, -0.05) is 18.2 Å². The standard InChI is InChI=1S/C16H18FNO3S/c1-11-10-13(17)8-9-16(11)22(19,20)18-12(2)14-6-4-5-7-15(14)21-3/h4-10,12,18H,1-3H3/t12-/m0/s1. The maximum absolute atomic E-state index is 13.1. The zero-order valence-electron chi connectivity index (χ0n) is 12.6. The summed E-state index contributed by atoms with van der Waals surface area (Å²) < 4.78 is 45.9. The lowest BCUT2D eigenvalue weighted by atomic mass is 10.1. The SMILES string of the molecule is COc1ccccc1[C@H](C)NS(=O)(=O)c1ccc(F)cc1C. The highest BCUT2D eigenvalue weighted by Gasteiger charge is 2.22. The molecule has 6 heteroatoms. The van der Waals surface area contributed by atoms with Crippen molar-refractivity contribution in [1.82, 2.24) is 4.72 Å². The van der Waals surface area contributed by atoms with Crippen LogP contribution in [0.3, 0.4) is 0 Å². The van der Waals surface area contributed by atoms with Crippen LogP contribution in [0.25, 0.3) is 0 Å². The number of ether oxygens (including phenoxy) is 1. The van der Waals surface area contributed by atoms with Crippen LogP contribution in [0.5, 0.6) is 5.75 Å². The van der Waals surface area contributed by atoms with Gasteiger partial charge in [-0.25, -0.2) is 17.5 Å². The molecule has 118 valence electrons. The highest BCUT2D eigenvalue weighted by atomic mass is 32.2. The highest BCUT2D eigenvalue weighted by molar-refractivity contribution is 7.89. The van der Waals surface area contributed by atoms with Crippen LogP contribution in [0.15, 0.2) is 47.4 Å². The lowest BCUT2D eigenvalue weighted by Gasteiger charge is -2.18. The molecule has 1 atom stereocenters. The fraction of sp³-hybridized carbons (Fsp3) is 0.250. The molecule has 2 aromatic carbocycles. The predicted octanol–water partition coefficient (Wildman–Crippen LogP) is 3.18. The molecule has 0 aliphatic rings. The Morgan fingerprint density at radius 1 is 1.18 bits per heavy atom. The molecule has 0 aromatic heterocycles. The molecule has 4 nitrogen and oxygen atoms in total. The van der Waals surface area contributed by atoms with Crippen LogP contribution in [0.4, 0.5) is 4.39 Å². The minimum atomic E-state index is -3.75. The Hall–Kier alpha value is -1.92. The van der Waals surface area contributed by atoms with Crippen molar-refractivity contribution in [2.45, 2.75) is 24.8 Å². The van der Waals surface area contributed by atoms with Gasteiger partial charge in [0.25, 0.3) is 0 Å². The topological polar surface area (TPSA) is 55.4 Å². The second-order valence-electron chi connectivity index (χ2n) is 4.99. The normalized spacial score (nSPS) is 12.9. The molecule has 2 aromatic rings. The molecule has 0 spiro atoms. The Morgan fingerprint density at radius 2 is 1.86 bits per heavy atom. The third-order valence-corrected chi connectivity index (χ3v) is 5.06. The molecule has 0 aliphatic heterocycles. The summed E-state index contributed by atoms with van der Waals surface area (Å²) in [4.78, 5) is 0.0654. The van der Waals surface area contributed by atoms with Gasteiger partial charge in [-0.3, -0.25) is 0 Å². The van der Waals surface area contributed by atoms with Crippen LogP contribution in [0.1, 0.15) is 24.1 Å².